The zero-order valence-corrected chi connectivity index (χ0v) is 20.2. The lowest BCUT2D eigenvalue weighted by atomic mass is 9.80. The molecule has 0 radical (unpaired) electrons. The first kappa shape index (κ1) is 28.0. The lowest BCUT2D eigenvalue weighted by molar-refractivity contribution is -0.137. The third kappa shape index (κ3) is 13.2. The number of rotatable bonds is 18. The Bertz CT molecular complexity index is 534. The molecule has 0 heterocycles. The maximum absolute atomic E-state index is 11.0. The smallest absolute Gasteiger partial charge is 0.313 e. The van der Waals surface area contributed by atoms with E-state index in [2.05, 4.69) is 13.0 Å². The van der Waals surface area contributed by atoms with Gasteiger partial charge in [-0.1, -0.05) is 82.8 Å². The predicted molar refractivity (Wildman–Crippen MR) is 129 cm³/mol. The summed E-state index contributed by atoms with van der Waals surface area (Å²) in [6.07, 6.45) is 19.1. The van der Waals surface area contributed by atoms with Crippen LogP contribution >= 0.6 is 11.8 Å². The number of hydrogen-bond acceptors (Lipinski definition) is 4. The number of aliphatic hydroxyl groups excluding tert-OH is 1. The highest BCUT2D eigenvalue weighted by atomic mass is 32.2. The van der Waals surface area contributed by atoms with E-state index < -0.39 is 18.0 Å². The molecule has 0 bridgehead atoms. The molecule has 180 valence electrons. The van der Waals surface area contributed by atoms with E-state index in [-0.39, 0.29) is 23.3 Å². The summed E-state index contributed by atoms with van der Waals surface area (Å²) >= 11 is 1.28. The molecule has 6 heteroatoms. The molecule has 31 heavy (non-hydrogen) atoms. The van der Waals surface area contributed by atoms with Crippen LogP contribution in [0.1, 0.15) is 110 Å². The van der Waals surface area contributed by atoms with Gasteiger partial charge in [0.1, 0.15) is 0 Å². The summed E-state index contributed by atoms with van der Waals surface area (Å²) in [7, 11) is 0. The minimum absolute atomic E-state index is 0.0385. The maximum Gasteiger partial charge on any atom is 0.313 e. The second kappa shape index (κ2) is 17.5. The summed E-state index contributed by atoms with van der Waals surface area (Å²) in [5.74, 6) is -1.83. The summed E-state index contributed by atoms with van der Waals surface area (Å²) in [4.78, 5) is 21.9. The van der Waals surface area contributed by atoms with Crippen LogP contribution in [0, 0.1) is 5.92 Å². The monoisotopic (exact) mass is 456 g/mol. The van der Waals surface area contributed by atoms with E-state index in [1.165, 1.54) is 76.0 Å². The standard InChI is InChI=1S/C25H44O5S/c1-2-3-4-5-6-7-8-9-10-11-12-13-14-21-16-15-20(17-18-22(26)27)24(30)25(21)31-19-23(28)29/h14,20,24-25,30H,2-13,15-19H2,1H3,(H,26,27)(H,28,29)/b21-14+/t20-,24-,25-/m0/s1. The molecule has 0 aromatic rings. The van der Waals surface area contributed by atoms with Crippen molar-refractivity contribution in [2.24, 2.45) is 5.92 Å². The first-order chi connectivity index (χ1) is 15.0. The molecule has 1 saturated carbocycles. The Morgan fingerprint density at radius 3 is 2.06 bits per heavy atom. The number of thioether (sulfide) groups is 1. The van der Waals surface area contributed by atoms with Gasteiger partial charge in [-0.3, -0.25) is 9.59 Å². The van der Waals surface area contributed by atoms with Gasteiger partial charge in [0.25, 0.3) is 0 Å². The van der Waals surface area contributed by atoms with Crippen LogP contribution in [-0.2, 0) is 9.59 Å². The molecular formula is C25H44O5S. The lowest BCUT2D eigenvalue weighted by Crippen LogP contribution is -2.38. The Labute approximate surface area is 193 Å². The largest absolute Gasteiger partial charge is 0.481 e. The molecular weight excluding hydrogens is 412 g/mol. The molecule has 0 aromatic carbocycles. The van der Waals surface area contributed by atoms with Crippen molar-refractivity contribution < 1.29 is 24.9 Å². The van der Waals surface area contributed by atoms with E-state index in [0.717, 1.165) is 31.3 Å². The Morgan fingerprint density at radius 1 is 0.935 bits per heavy atom. The van der Waals surface area contributed by atoms with Gasteiger partial charge in [0.05, 0.1) is 17.1 Å². The summed E-state index contributed by atoms with van der Waals surface area (Å²) in [6.45, 7) is 2.25. The Balaban J connectivity index is 2.32. The summed E-state index contributed by atoms with van der Waals surface area (Å²) in [5.41, 5.74) is 1.15. The minimum Gasteiger partial charge on any atom is -0.481 e. The highest BCUT2D eigenvalue weighted by Crippen LogP contribution is 2.38. The average Bonchev–Trinajstić information content (AvgIpc) is 2.73. The number of carboxylic acid groups (broad SMARTS) is 2. The second-order valence-electron chi connectivity index (χ2n) is 8.95. The van der Waals surface area contributed by atoms with Crippen LogP contribution in [0.2, 0.25) is 0 Å². The number of allylic oxidation sites excluding steroid dienone is 1. The van der Waals surface area contributed by atoms with Crippen molar-refractivity contribution in [3.8, 4) is 0 Å². The average molecular weight is 457 g/mol. The van der Waals surface area contributed by atoms with Gasteiger partial charge < -0.3 is 15.3 Å². The molecule has 3 atom stereocenters. The maximum atomic E-state index is 11.0. The minimum atomic E-state index is -0.880. The lowest BCUT2D eigenvalue weighted by Gasteiger charge is -2.36. The van der Waals surface area contributed by atoms with E-state index in [1.807, 2.05) is 0 Å². The number of carbonyl (C=O) groups is 2. The Kier molecular flexibility index (Phi) is 15.9. The summed E-state index contributed by atoms with van der Waals surface area (Å²) in [6, 6.07) is 0. The van der Waals surface area contributed by atoms with Crippen LogP contribution in [0.5, 0.6) is 0 Å². The summed E-state index contributed by atoms with van der Waals surface area (Å²) in [5, 5.41) is 28.5. The van der Waals surface area contributed by atoms with Gasteiger partial charge in [0.2, 0.25) is 0 Å². The molecule has 0 aromatic heterocycles. The van der Waals surface area contributed by atoms with E-state index in [9.17, 15) is 14.7 Å². The fourth-order valence-electron chi connectivity index (χ4n) is 4.44. The van der Waals surface area contributed by atoms with E-state index >= 15 is 0 Å². The van der Waals surface area contributed by atoms with Gasteiger partial charge in [-0.25, -0.2) is 0 Å². The van der Waals surface area contributed by atoms with Crippen LogP contribution < -0.4 is 0 Å². The zero-order chi connectivity index (χ0) is 22.9. The molecule has 0 unspecified atom stereocenters. The van der Waals surface area contributed by atoms with Crippen LogP contribution in [-0.4, -0.2) is 44.4 Å². The predicted octanol–water partition coefficient (Wildman–Crippen LogP) is 6.44. The molecule has 0 amide bonds. The fourth-order valence-corrected chi connectivity index (χ4v) is 5.61. The molecule has 3 N–H and O–H groups in total. The van der Waals surface area contributed by atoms with Crippen molar-refractivity contribution in [1.82, 2.24) is 0 Å². The van der Waals surface area contributed by atoms with Crippen LogP contribution in [0.4, 0.5) is 0 Å². The summed E-state index contributed by atoms with van der Waals surface area (Å²) < 4.78 is 0. The van der Waals surface area contributed by atoms with Gasteiger partial charge in [-0.2, -0.15) is 0 Å². The molecule has 0 aliphatic heterocycles. The van der Waals surface area contributed by atoms with Crippen molar-refractivity contribution in [3.05, 3.63) is 11.6 Å². The molecule has 1 rings (SSSR count). The number of aliphatic hydroxyl groups is 1. The Hall–Kier alpha value is -1.01. The van der Waals surface area contributed by atoms with Crippen molar-refractivity contribution in [2.45, 2.75) is 121 Å². The van der Waals surface area contributed by atoms with Gasteiger partial charge in [-0.15, -0.1) is 11.8 Å². The topological polar surface area (TPSA) is 94.8 Å². The number of hydrogen-bond donors (Lipinski definition) is 3. The zero-order valence-electron chi connectivity index (χ0n) is 19.4. The normalized spacial score (nSPS) is 22.6. The van der Waals surface area contributed by atoms with Gasteiger partial charge in [0.15, 0.2) is 0 Å². The van der Waals surface area contributed by atoms with Crippen molar-refractivity contribution >= 4 is 23.7 Å². The number of unbranched alkanes of at least 4 members (excludes halogenated alkanes) is 11. The SMILES string of the molecule is CCCCCCCCCCCCC/C=C1\CC[C@@H](CCC(=O)O)[C@H](O)[C@H]1SCC(=O)O. The van der Waals surface area contributed by atoms with Crippen molar-refractivity contribution in [2.75, 3.05) is 5.75 Å². The van der Waals surface area contributed by atoms with Gasteiger partial charge in [-0.05, 0) is 38.0 Å². The fraction of sp³-hybridized carbons (Fsp3) is 0.840. The number of carboxylic acids is 2. The molecule has 1 fully saturated rings. The molecule has 0 spiro atoms. The quantitative estimate of drug-likeness (QED) is 0.162. The van der Waals surface area contributed by atoms with Crippen LogP contribution in [0.3, 0.4) is 0 Å². The van der Waals surface area contributed by atoms with Crippen LogP contribution in [0.15, 0.2) is 11.6 Å². The third-order valence-electron chi connectivity index (χ3n) is 6.29. The molecule has 1 aliphatic rings. The highest BCUT2D eigenvalue weighted by molar-refractivity contribution is 8.00. The first-order valence-corrected chi connectivity index (χ1v) is 13.4. The van der Waals surface area contributed by atoms with E-state index in [4.69, 9.17) is 10.2 Å². The van der Waals surface area contributed by atoms with Gasteiger partial charge in [0, 0.05) is 6.42 Å². The molecule has 1 aliphatic carbocycles. The molecule has 0 saturated heterocycles. The second-order valence-corrected chi connectivity index (χ2v) is 10.1. The highest BCUT2D eigenvalue weighted by Gasteiger charge is 2.35. The first-order valence-electron chi connectivity index (χ1n) is 12.4. The Morgan fingerprint density at radius 2 is 1.52 bits per heavy atom. The van der Waals surface area contributed by atoms with E-state index in [1.54, 1.807) is 0 Å². The van der Waals surface area contributed by atoms with Crippen molar-refractivity contribution in [3.63, 3.8) is 0 Å². The van der Waals surface area contributed by atoms with Crippen LogP contribution in [0.25, 0.3) is 0 Å². The van der Waals surface area contributed by atoms with E-state index in [0.29, 0.717) is 6.42 Å². The third-order valence-corrected chi connectivity index (χ3v) is 7.65. The van der Waals surface area contributed by atoms with Crippen molar-refractivity contribution in [1.29, 1.82) is 0 Å². The van der Waals surface area contributed by atoms with Gasteiger partial charge >= 0.3 is 11.9 Å². The molecule has 5 nitrogen and oxygen atoms in total. The number of aliphatic carboxylic acids is 2.